The molecule has 21 heavy (non-hydrogen) atoms. The average Bonchev–Trinajstić information content (AvgIpc) is 2.47. The van der Waals surface area contributed by atoms with Gasteiger partial charge in [0.1, 0.15) is 18.1 Å². The van der Waals surface area contributed by atoms with Gasteiger partial charge < -0.3 is 15.2 Å². The van der Waals surface area contributed by atoms with Gasteiger partial charge in [-0.1, -0.05) is 0 Å². The average molecular weight is 416 g/mol. The molecule has 1 aromatic carbocycles. The highest BCUT2D eigenvalue weighted by molar-refractivity contribution is 9.11. The molecule has 0 atom stereocenters. The third-order valence-electron chi connectivity index (χ3n) is 3.25. The molecule has 0 saturated carbocycles. The summed E-state index contributed by atoms with van der Waals surface area (Å²) < 4.78 is 12.7. The van der Waals surface area contributed by atoms with E-state index in [4.69, 9.17) is 15.2 Å². The predicted molar refractivity (Wildman–Crippen MR) is 90.8 cm³/mol. The Kier molecular flexibility index (Phi) is 5.11. The molecule has 0 unspecified atom stereocenters. The lowest BCUT2D eigenvalue weighted by Gasteiger charge is -2.13. The highest BCUT2D eigenvalue weighted by atomic mass is 79.9. The van der Waals surface area contributed by atoms with E-state index < -0.39 is 0 Å². The Morgan fingerprint density at radius 1 is 1.14 bits per heavy atom. The summed E-state index contributed by atoms with van der Waals surface area (Å²) in [4.78, 5) is 4.38. The van der Waals surface area contributed by atoms with Crippen molar-refractivity contribution in [3.8, 4) is 11.5 Å². The number of nitrogen functional groups attached to an aromatic ring is 1. The zero-order chi connectivity index (χ0) is 15.6. The minimum Gasteiger partial charge on any atom is -0.496 e. The van der Waals surface area contributed by atoms with Gasteiger partial charge in [-0.25, -0.2) is 0 Å². The van der Waals surface area contributed by atoms with Crippen molar-refractivity contribution < 1.29 is 9.47 Å². The Morgan fingerprint density at radius 2 is 1.76 bits per heavy atom. The van der Waals surface area contributed by atoms with E-state index in [1.54, 1.807) is 13.3 Å². The fourth-order valence-corrected chi connectivity index (χ4v) is 2.78. The fraction of sp³-hybridized carbons (Fsp3) is 0.267. The molecule has 0 aliphatic rings. The van der Waals surface area contributed by atoms with Gasteiger partial charge in [0.15, 0.2) is 0 Å². The normalized spacial score (nSPS) is 10.5. The second-order valence-electron chi connectivity index (χ2n) is 4.63. The second kappa shape index (κ2) is 6.66. The minimum atomic E-state index is 0.355. The van der Waals surface area contributed by atoms with Gasteiger partial charge >= 0.3 is 0 Å². The number of rotatable bonds is 4. The number of nitrogens with zero attached hydrogens (tertiary/aromatic N) is 1. The van der Waals surface area contributed by atoms with Crippen LogP contribution in [-0.2, 0) is 6.61 Å². The summed E-state index contributed by atoms with van der Waals surface area (Å²) >= 11 is 6.91. The van der Waals surface area contributed by atoms with Gasteiger partial charge in [-0.15, -0.1) is 0 Å². The summed E-state index contributed by atoms with van der Waals surface area (Å²) in [6, 6.07) is 3.71. The van der Waals surface area contributed by atoms with E-state index in [0.717, 1.165) is 37.2 Å². The highest BCUT2D eigenvalue weighted by Gasteiger charge is 2.11. The first kappa shape index (κ1) is 16.1. The molecule has 2 N–H and O–H groups in total. The molecule has 0 aliphatic carbocycles. The molecular weight excluding hydrogens is 400 g/mol. The maximum absolute atomic E-state index is 6.01. The summed E-state index contributed by atoms with van der Waals surface area (Å²) in [6.07, 6.45) is 1.76. The molecule has 2 aromatic rings. The number of benzene rings is 1. The molecule has 0 aliphatic heterocycles. The molecule has 1 aromatic heterocycles. The first-order valence-corrected chi connectivity index (χ1v) is 7.89. The number of halogens is 2. The van der Waals surface area contributed by atoms with Gasteiger partial charge in [0.05, 0.1) is 21.7 Å². The Hall–Kier alpha value is -1.27. The number of pyridine rings is 1. The lowest BCUT2D eigenvalue weighted by atomic mass is 10.1. The topological polar surface area (TPSA) is 57.4 Å². The van der Waals surface area contributed by atoms with Gasteiger partial charge in [0.25, 0.3) is 0 Å². The third kappa shape index (κ3) is 3.49. The van der Waals surface area contributed by atoms with Crippen molar-refractivity contribution in [2.24, 2.45) is 0 Å². The number of nitrogens with two attached hydrogens (primary N) is 1. The molecule has 1 heterocycles. The first-order valence-electron chi connectivity index (χ1n) is 6.30. The molecule has 112 valence electrons. The summed E-state index contributed by atoms with van der Waals surface area (Å²) in [6.45, 7) is 4.25. The highest BCUT2D eigenvalue weighted by Crippen LogP contribution is 2.36. The van der Waals surface area contributed by atoms with Gasteiger partial charge in [-0.2, -0.15) is 0 Å². The Balaban J connectivity index is 2.21. The van der Waals surface area contributed by atoms with Gasteiger partial charge in [-0.3, -0.25) is 4.98 Å². The number of hydrogen-bond acceptors (Lipinski definition) is 4. The SMILES string of the molecule is COc1cc(Br)c(OCc2ncc(C)c(N)c2C)cc1Br. The van der Waals surface area contributed by atoms with Crippen LogP contribution in [0.15, 0.2) is 27.3 Å². The predicted octanol–water partition coefficient (Wildman–Crippen LogP) is 4.39. The molecule has 0 radical (unpaired) electrons. The molecule has 0 amide bonds. The molecule has 2 rings (SSSR count). The van der Waals surface area contributed by atoms with Crippen LogP contribution < -0.4 is 15.2 Å². The minimum absolute atomic E-state index is 0.355. The largest absolute Gasteiger partial charge is 0.496 e. The Bertz CT molecular complexity index is 675. The van der Waals surface area contributed by atoms with Crippen molar-refractivity contribution in [1.29, 1.82) is 0 Å². The van der Waals surface area contributed by atoms with Crippen LogP contribution in [0.3, 0.4) is 0 Å². The van der Waals surface area contributed by atoms with E-state index in [1.807, 2.05) is 26.0 Å². The van der Waals surface area contributed by atoms with Crippen molar-refractivity contribution in [3.63, 3.8) is 0 Å². The third-order valence-corrected chi connectivity index (χ3v) is 4.49. The van der Waals surface area contributed by atoms with E-state index >= 15 is 0 Å². The van der Waals surface area contributed by atoms with Crippen molar-refractivity contribution in [2.75, 3.05) is 12.8 Å². The van der Waals surface area contributed by atoms with Crippen LogP contribution in [0.4, 0.5) is 5.69 Å². The van der Waals surface area contributed by atoms with Crippen LogP contribution in [0.5, 0.6) is 11.5 Å². The van der Waals surface area contributed by atoms with Crippen molar-refractivity contribution in [2.45, 2.75) is 20.5 Å². The van der Waals surface area contributed by atoms with E-state index in [1.165, 1.54) is 0 Å². The van der Waals surface area contributed by atoms with Crippen molar-refractivity contribution >= 4 is 37.5 Å². The van der Waals surface area contributed by atoms with Crippen LogP contribution >= 0.6 is 31.9 Å². The Morgan fingerprint density at radius 3 is 2.43 bits per heavy atom. The standard InChI is InChI=1S/C15H16Br2N2O2/c1-8-6-19-12(9(2)15(8)18)7-21-14-5-10(16)13(20-3)4-11(14)17/h4-6H,7H2,1-3H3,(H2,18,19). The number of hydrogen-bond donors (Lipinski definition) is 1. The smallest absolute Gasteiger partial charge is 0.135 e. The molecule has 0 bridgehead atoms. The lowest BCUT2D eigenvalue weighted by molar-refractivity contribution is 0.297. The summed E-state index contributed by atoms with van der Waals surface area (Å²) in [5.74, 6) is 1.45. The molecule has 4 nitrogen and oxygen atoms in total. The van der Waals surface area contributed by atoms with E-state index in [-0.39, 0.29) is 0 Å². The van der Waals surface area contributed by atoms with E-state index in [9.17, 15) is 0 Å². The molecule has 6 heteroatoms. The van der Waals surface area contributed by atoms with Crippen LogP contribution in [0.2, 0.25) is 0 Å². The fourth-order valence-electron chi connectivity index (χ4n) is 1.86. The van der Waals surface area contributed by atoms with Crippen LogP contribution in [0.1, 0.15) is 16.8 Å². The molecular formula is C15H16Br2N2O2. The number of aryl methyl sites for hydroxylation is 1. The summed E-state index contributed by atoms with van der Waals surface area (Å²) in [7, 11) is 1.62. The van der Waals surface area contributed by atoms with Gasteiger partial charge in [0, 0.05) is 11.9 Å². The zero-order valence-electron chi connectivity index (χ0n) is 12.0. The van der Waals surface area contributed by atoms with Crippen LogP contribution in [0.25, 0.3) is 0 Å². The Labute approximate surface area is 140 Å². The van der Waals surface area contributed by atoms with Crippen LogP contribution in [0, 0.1) is 13.8 Å². The van der Waals surface area contributed by atoms with E-state index in [2.05, 4.69) is 36.8 Å². The monoisotopic (exact) mass is 414 g/mol. The number of ether oxygens (including phenoxy) is 2. The van der Waals surface area contributed by atoms with E-state index in [0.29, 0.717) is 12.4 Å². The lowest BCUT2D eigenvalue weighted by Crippen LogP contribution is -2.05. The molecule has 0 fully saturated rings. The molecule has 0 saturated heterocycles. The van der Waals surface area contributed by atoms with Gasteiger partial charge in [-0.05, 0) is 69.0 Å². The quantitative estimate of drug-likeness (QED) is 0.804. The van der Waals surface area contributed by atoms with Crippen molar-refractivity contribution in [3.05, 3.63) is 44.1 Å². The van der Waals surface area contributed by atoms with Crippen LogP contribution in [-0.4, -0.2) is 12.1 Å². The summed E-state index contributed by atoms with van der Waals surface area (Å²) in [5.41, 5.74) is 9.54. The van der Waals surface area contributed by atoms with Crippen molar-refractivity contribution in [1.82, 2.24) is 4.98 Å². The maximum atomic E-state index is 6.01. The number of anilines is 1. The zero-order valence-corrected chi connectivity index (χ0v) is 15.2. The summed E-state index contributed by atoms with van der Waals surface area (Å²) in [5, 5.41) is 0. The van der Waals surface area contributed by atoms with Gasteiger partial charge in [0.2, 0.25) is 0 Å². The number of aromatic nitrogens is 1. The molecule has 0 spiro atoms. The second-order valence-corrected chi connectivity index (χ2v) is 6.34. The first-order chi connectivity index (χ1) is 9.93. The number of methoxy groups -OCH3 is 1. The maximum Gasteiger partial charge on any atom is 0.135 e.